The fourth-order valence-corrected chi connectivity index (χ4v) is 3.00. The highest BCUT2D eigenvalue weighted by atomic mass is 16.5. The molecule has 0 saturated carbocycles. The van der Waals surface area contributed by atoms with Crippen LogP contribution in [0.25, 0.3) is 11.1 Å². The second kappa shape index (κ2) is 9.23. The van der Waals surface area contributed by atoms with Gasteiger partial charge in [-0.2, -0.15) is 0 Å². The Morgan fingerprint density at radius 1 is 1.16 bits per heavy atom. The van der Waals surface area contributed by atoms with E-state index in [4.69, 9.17) is 10.5 Å². The largest absolute Gasteiger partial charge is 0.497 e. The number of benzene rings is 2. The minimum Gasteiger partial charge on any atom is -0.497 e. The van der Waals surface area contributed by atoms with Crippen molar-refractivity contribution in [2.24, 2.45) is 5.73 Å². The van der Waals surface area contributed by atoms with Crippen molar-refractivity contribution in [2.45, 2.75) is 32.7 Å². The predicted octanol–water partition coefficient (Wildman–Crippen LogP) is 4.01. The molecule has 4 nitrogen and oxygen atoms in total. The number of nitrogens with two attached hydrogens (primary N) is 1. The zero-order valence-electron chi connectivity index (χ0n) is 15.4. The lowest BCUT2D eigenvalue weighted by atomic mass is 10.00. The lowest BCUT2D eigenvalue weighted by Gasteiger charge is -2.28. The van der Waals surface area contributed by atoms with Gasteiger partial charge in [0.25, 0.3) is 0 Å². The monoisotopic (exact) mass is 340 g/mol. The van der Waals surface area contributed by atoms with Crippen molar-refractivity contribution in [3.05, 3.63) is 54.1 Å². The number of rotatable bonds is 8. The van der Waals surface area contributed by atoms with Crippen LogP contribution in [-0.4, -0.2) is 31.0 Å². The van der Waals surface area contributed by atoms with Crippen molar-refractivity contribution in [3.8, 4) is 16.9 Å². The fourth-order valence-electron chi connectivity index (χ4n) is 3.00. The van der Waals surface area contributed by atoms with E-state index in [1.165, 1.54) is 0 Å². The summed E-state index contributed by atoms with van der Waals surface area (Å²) >= 11 is 0. The van der Waals surface area contributed by atoms with Crippen LogP contribution < -0.4 is 10.5 Å². The zero-order chi connectivity index (χ0) is 18.2. The Hall–Kier alpha value is -2.33. The number of carbonyl (C=O) groups is 1. The molecule has 2 rings (SSSR count). The molecule has 0 radical (unpaired) electrons. The first kappa shape index (κ1) is 19.0. The zero-order valence-corrected chi connectivity index (χ0v) is 15.4. The Kier molecular flexibility index (Phi) is 7.02. The SMILES string of the molecule is CCN(C(=O)CCCN)C(C)c1ccc(-c2cccc(OC)c2)cc1. The van der Waals surface area contributed by atoms with Crippen molar-refractivity contribution in [3.63, 3.8) is 0 Å². The molecule has 2 aromatic carbocycles. The highest BCUT2D eigenvalue weighted by Gasteiger charge is 2.19. The van der Waals surface area contributed by atoms with Crippen LogP contribution in [0.4, 0.5) is 0 Å². The van der Waals surface area contributed by atoms with Gasteiger partial charge >= 0.3 is 0 Å². The first-order valence-corrected chi connectivity index (χ1v) is 8.84. The average Bonchev–Trinajstić information content (AvgIpc) is 2.67. The van der Waals surface area contributed by atoms with Crippen LogP contribution in [0.1, 0.15) is 38.3 Å². The van der Waals surface area contributed by atoms with Gasteiger partial charge in [-0.25, -0.2) is 0 Å². The molecule has 1 amide bonds. The maximum atomic E-state index is 12.4. The summed E-state index contributed by atoms with van der Waals surface area (Å²) in [5.41, 5.74) is 8.90. The van der Waals surface area contributed by atoms with Gasteiger partial charge in [-0.05, 0) is 55.6 Å². The molecule has 0 aliphatic carbocycles. The average molecular weight is 340 g/mol. The van der Waals surface area contributed by atoms with Gasteiger partial charge in [0.2, 0.25) is 5.91 Å². The van der Waals surface area contributed by atoms with Crippen LogP contribution in [-0.2, 0) is 4.79 Å². The maximum Gasteiger partial charge on any atom is 0.223 e. The lowest BCUT2D eigenvalue weighted by Crippen LogP contribution is -2.33. The summed E-state index contributed by atoms with van der Waals surface area (Å²) in [6.45, 7) is 5.33. The van der Waals surface area contributed by atoms with Gasteiger partial charge in [0.15, 0.2) is 0 Å². The van der Waals surface area contributed by atoms with E-state index in [-0.39, 0.29) is 11.9 Å². The molecule has 0 bridgehead atoms. The number of carbonyl (C=O) groups excluding carboxylic acids is 1. The standard InChI is InChI=1S/C21H28N2O2/c1-4-23(21(24)9-6-14-22)16(2)17-10-12-18(13-11-17)19-7-5-8-20(15-19)25-3/h5,7-8,10-13,15-16H,4,6,9,14,22H2,1-3H3. The van der Waals surface area contributed by atoms with Gasteiger partial charge < -0.3 is 15.4 Å². The number of ether oxygens (including phenoxy) is 1. The summed E-state index contributed by atoms with van der Waals surface area (Å²) in [6, 6.07) is 16.4. The lowest BCUT2D eigenvalue weighted by molar-refractivity contribution is -0.133. The molecule has 1 unspecified atom stereocenters. The smallest absolute Gasteiger partial charge is 0.223 e. The minimum atomic E-state index is 0.0506. The highest BCUT2D eigenvalue weighted by molar-refractivity contribution is 5.76. The highest BCUT2D eigenvalue weighted by Crippen LogP contribution is 2.27. The van der Waals surface area contributed by atoms with Gasteiger partial charge in [-0.3, -0.25) is 4.79 Å². The van der Waals surface area contributed by atoms with Crippen LogP contribution in [0, 0.1) is 0 Å². The summed E-state index contributed by atoms with van der Waals surface area (Å²) in [5.74, 6) is 1.01. The van der Waals surface area contributed by atoms with E-state index in [0.717, 1.165) is 28.9 Å². The van der Waals surface area contributed by atoms with Crippen LogP contribution in [0.5, 0.6) is 5.75 Å². The topological polar surface area (TPSA) is 55.6 Å². The molecule has 0 saturated heterocycles. The molecular formula is C21H28N2O2. The summed E-state index contributed by atoms with van der Waals surface area (Å²) < 4.78 is 5.29. The van der Waals surface area contributed by atoms with E-state index in [2.05, 4.69) is 37.3 Å². The van der Waals surface area contributed by atoms with Crippen LogP contribution in [0.3, 0.4) is 0 Å². The number of nitrogens with zero attached hydrogens (tertiary/aromatic N) is 1. The fraction of sp³-hybridized carbons (Fsp3) is 0.381. The van der Waals surface area contributed by atoms with E-state index >= 15 is 0 Å². The first-order chi connectivity index (χ1) is 12.1. The Labute approximate surface area is 150 Å². The third-order valence-electron chi connectivity index (χ3n) is 4.52. The maximum absolute atomic E-state index is 12.4. The number of methoxy groups -OCH3 is 1. The van der Waals surface area contributed by atoms with E-state index < -0.39 is 0 Å². The van der Waals surface area contributed by atoms with Gasteiger partial charge in [0, 0.05) is 13.0 Å². The van der Waals surface area contributed by atoms with Crippen LogP contribution >= 0.6 is 0 Å². The molecular weight excluding hydrogens is 312 g/mol. The summed E-state index contributed by atoms with van der Waals surface area (Å²) in [4.78, 5) is 14.3. The summed E-state index contributed by atoms with van der Waals surface area (Å²) in [5, 5.41) is 0. The summed E-state index contributed by atoms with van der Waals surface area (Å²) in [7, 11) is 1.67. The molecule has 2 N–H and O–H groups in total. The van der Waals surface area contributed by atoms with Gasteiger partial charge in [-0.15, -0.1) is 0 Å². The Bertz CT molecular complexity index is 683. The molecule has 4 heteroatoms. The molecule has 0 aliphatic rings. The molecule has 0 aromatic heterocycles. The minimum absolute atomic E-state index is 0.0506. The molecule has 134 valence electrons. The normalized spacial score (nSPS) is 11.8. The van der Waals surface area contributed by atoms with E-state index in [9.17, 15) is 4.79 Å². The summed E-state index contributed by atoms with van der Waals surface area (Å²) in [6.07, 6.45) is 1.24. The second-order valence-corrected chi connectivity index (χ2v) is 6.10. The second-order valence-electron chi connectivity index (χ2n) is 6.10. The van der Waals surface area contributed by atoms with E-state index in [0.29, 0.717) is 19.5 Å². The quantitative estimate of drug-likeness (QED) is 0.790. The van der Waals surface area contributed by atoms with Gasteiger partial charge in [0.05, 0.1) is 13.2 Å². The molecule has 0 aliphatic heterocycles. The molecule has 2 aromatic rings. The van der Waals surface area contributed by atoms with Crippen molar-refractivity contribution in [1.82, 2.24) is 4.90 Å². The number of amides is 1. The van der Waals surface area contributed by atoms with Crippen LogP contribution in [0.2, 0.25) is 0 Å². The number of hydrogen-bond donors (Lipinski definition) is 1. The third-order valence-corrected chi connectivity index (χ3v) is 4.52. The molecule has 0 fully saturated rings. The third kappa shape index (κ3) is 4.83. The van der Waals surface area contributed by atoms with Crippen LogP contribution in [0.15, 0.2) is 48.5 Å². The van der Waals surface area contributed by atoms with Gasteiger partial charge in [0.1, 0.15) is 5.75 Å². The molecule has 0 heterocycles. The molecule has 25 heavy (non-hydrogen) atoms. The van der Waals surface area contributed by atoms with E-state index in [1.54, 1.807) is 7.11 Å². The molecule has 1 atom stereocenters. The van der Waals surface area contributed by atoms with E-state index in [1.807, 2.05) is 30.0 Å². The van der Waals surface area contributed by atoms with Crippen molar-refractivity contribution >= 4 is 5.91 Å². The number of hydrogen-bond acceptors (Lipinski definition) is 3. The van der Waals surface area contributed by atoms with Crippen molar-refractivity contribution in [2.75, 3.05) is 20.2 Å². The Morgan fingerprint density at radius 2 is 1.88 bits per heavy atom. The Balaban J connectivity index is 2.15. The first-order valence-electron chi connectivity index (χ1n) is 8.84. The predicted molar refractivity (Wildman–Crippen MR) is 103 cm³/mol. The molecule has 0 spiro atoms. The van der Waals surface area contributed by atoms with Crippen molar-refractivity contribution < 1.29 is 9.53 Å². The van der Waals surface area contributed by atoms with Crippen molar-refractivity contribution in [1.29, 1.82) is 0 Å². The van der Waals surface area contributed by atoms with Gasteiger partial charge in [-0.1, -0.05) is 36.4 Å². The Morgan fingerprint density at radius 3 is 2.48 bits per heavy atom.